The fourth-order valence-corrected chi connectivity index (χ4v) is 3.47. The Balaban J connectivity index is 2.07. The van der Waals surface area contributed by atoms with Gasteiger partial charge in [0.05, 0.1) is 11.2 Å². The van der Waals surface area contributed by atoms with E-state index in [0.717, 1.165) is 10.0 Å². The number of rotatable bonds is 5. The lowest BCUT2D eigenvalue weighted by molar-refractivity contribution is 0.572. The third-order valence-electron chi connectivity index (χ3n) is 2.66. The van der Waals surface area contributed by atoms with Gasteiger partial charge in [0, 0.05) is 30.0 Å². The van der Waals surface area contributed by atoms with Crippen molar-refractivity contribution in [3.8, 4) is 0 Å². The number of benzene rings is 1. The summed E-state index contributed by atoms with van der Waals surface area (Å²) in [5.74, 6) is 0. The molecule has 0 fully saturated rings. The minimum Gasteiger partial charge on any atom is -0.336 e. The van der Waals surface area contributed by atoms with Crippen LogP contribution in [0.3, 0.4) is 0 Å². The number of hydrogen-bond acceptors (Lipinski definition) is 3. The van der Waals surface area contributed by atoms with Gasteiger partial charge in [-0.25, -0.2) is 18.1 Å². The lowest BCUT2D eigenvalue weighted by Gasteiger charge is -2.10. The maximum Gasteiger partial charge on any atom is 0.240 e. The molecule has 1 heterocycles. The maximum atomic E-state index is 12.2. The summed E-state index contributed by atoms with van der Waals surface area (Å²) in [5, 5.41) is 0. The largest absolute Gasteiger partial charge is 0.336 e. The van der Waals surface area contributed by atoms with E-state index in [4.69, 9.17) is 0 Å². The summed E-state index contributed by atoms with van der Waals surface area (Å²) >= 11 is 3.28. The lowest BCUT2D eigenvalue weighted by Crippen LogP contribution is -2.27. The van der Waals surface area contributed by atoms with Crippen LogP contribution in [0.25, 0.3) is 0 Å². The van der Waals surface area contributed by atoms with E-state index >= 15 is 0 Å². The van der Waals surface area contributed by atoms with Crippen LogP contribution in [-0.2, 0) is 16.6 Å². The zero-order valence-electron chi connectivity index (χ0n) is 10.4. The first kappa shape index (κ1) is 14.2. The molecule has 0 unspecified atom stereocenters. The molecule has 0 amide bonds. The van der Waals surface area contributed by atoms with Crippen LogP contribution in [0.1, 0.15) is 5.56 Å². The molecule has 0 spiro atoms. The van der Waals surface area contributed by atoms with Gasteiger partial charge in [0.15, 0.2) is 0 Å². The van der Waals surface area contributed by atoms with Gasteiger partial charge in [-0.3, -0.25) is 0 Å². The Kier molecular flexibility index (Phi) is 4.38. The van der Waals surface area contributed by atoms with Crippen molar-refractivity contribution >= 4 is 26.0 Å². The monoisotopic (exact) mass is 343 g/mol. The van der Waals surface area contributed by atoms with Gasteiger partial charge in [-0.2, -0.15) is 0 Å². The first-order valence-electron chi connectivity index (χ1n) is 5.70. The van der Waals surface area contributed by atoms with Crippen LogP contribution in [0, 0.1) is 6.92 Å². The zero-order chi connectivity index (χ0) is 13.9. The SMILES string of the molecule is Cc1ccc(Br)cc1S(=O)(=O)NCCn1ccnc1. The molecule has 0 bridgehead atoms. The Hall–Kier alpha value is -1.18. The van der Waals surface area contributed by atoms with E-state index in [2.05, 4.69) is 25.6 Å². The van der Waals surface area contributed by atoms with Crippen molar-refractivity contribution in [3.05, 3.63) is 47.0 Å². The van der Waals surface area contributed by atoms with E-state index in [-0.39, 0.29) is 0 Å². The van der Waals surface area contributed by atoms with E-state index in [1.165, 1.54) is 0 Å². The summed E-state index contributed by atoms with van der Waals surface area (Å²) in [6, 6.07) is 5.20. The fraction of sp³-hybridized carbons (Fsp3) is 0.250. The summed E-state index contributed by atoms with van der Waals surface area (Å²) in [6.07, 6.45) is 5.10. The number of halogens is 1. The summed E-state index contributed by atoms with van der Waals surface area (Å²) in [5.41, 5.74) is 0.721. The molecule has 102 valence electrons. The Bertz CT molecular complexity index is 654. The summed E-state index contributed by atoms with van der Waals surface area (Å²) in [7, 11) is -3.48. The second-order valence-electron chi connectivity index (χ2n) is 4.11. The second kappa shape index (κ2) is 5.85. The lowest BCUT2D eigenvalue weighted by atomic mass is 10.2. The number of aryl methyl sites for hydroxylation is 1. The van der Waals surface area contributed by atoms with Gasteiger partial charge in [-0.15, -0.1) is 0 Å². The van der Waals surface area contributed by atoms with E-state index in [0.29, 0.717) is 18.0 Å². The molecule has 1 aromatic heterocycles. The van der Waals surface area contributed by atoms with Crippen molar-refractivity contribution in [2.24, 2.45) is 0 Å². The normalized spacial score (nSPS) is 11.7. The summed E-state index contributed by atoms with van der Waals surface area (Å²) < 4.78 is 29.5. The van der Waals surface area contributed by atoms with Crippen molar-refractivity contribution in [2.45, 2.75) is 18.4 Å². The average Bonchev–Trinajstić information content (AvgIpc) is 2.85. The third kappa shape index (κ3) is 3.65. The molecule has 0 aliphatic heterocycles. The second-order valence-corrected chi connectivity index (χ2v) is 6.76. The highest BCUT2D eigenvalue weighted by molar-refractivity contribution is 9.10. The van der Waals surface area contributed by atoms with E-state index < -0.39 is 10.0 Å². The average molecular weight is 344 g/mol. The van der Waals surface area contributed by atoms with Gasteiger partial charge in [0.2, 0.25) is 10.0 Å². The number of sulfonamides is 1. The molecule has 0 aliphatic rings. The Labute approximate surface area is 120 Å². The van der Waals surface area contributed by atoms with Crippen molar-refractivity contribution < 1.29 is 8.42 Å². The fourth-order valence-electron chi connectivity index (χ4n) is 1.67. The first-order valence-corrected chi connectivity index (χ1v) is 7.98. The number of nitrogens with zero attached hydrogens (tertiary/aromatic N) is 2. The molecule has 19 heavy (non-hydrogen) atoms. The van der Waals surface area contributed by atoms with Crippen LogP contribution in [0.15, 0.2) is 46.3 Å². The first-order chi connectivity index (χ1) is 8.99. The molecular formula is C12H14BrN3O2S. The smallest absolute Gasteiger partial charge is 0.240 e. The number of aromatic nitrogens is 2. The molecule has 1 N–H and O–H groups in total. The van der Waals surface area contributed by atoms with Crippen molar-refractivity contribution in [3.63, 3.8) is 0 Å². The molecule has 0 radical (unpaired) electrons. The molecule has 5 nitrogen and oxygen atoms in total. The highest BCUT2D eigenvalue weighted by Crippen LogP contribution is 2.20. The highest BCUT2D eigenvalue weighted by atomic mass is 79.9. The molecule has 2 aromatic rings. The van der Waals surface area contributed by atoms with Gasteiger partial charge in [-0.05, 0) is 24.6 Å². The molecule has 0 atom stereocenters. The van der Waals surface area contributed by atoms with E-state index in [1.807, 2.05) is 10.6 Å². The Morgan fingerprint density at radius 3 is 2.89 bits per heavy atom. The predicted molar refractivity (Wildman–Crippen MR) is 76.3 cm³/mol. The Morgan fingerprint density at radius 2 is 2.21 bits per heavy atom. The minimum absolute atomic E-state index is 0.299. The van der Waals surface area contributed by atoms with Gasteiger partial charge >= 0.3 is 0 Å². The molecular weight excluding hydrogens is 330 g/mol. The van der Waals surface area contributed by atoms with Gasteiger partial charge < -0.3 is 4.57 Å². The van der Waals surface area contributed by atoms with Crippen LogP contribution in [-0.4, -0.2) is 24.5 Å². The van der Waals surface area contributed by atoms with Crippen molar-refractivity contribution in [1.82, 2.24) is 14.3 Å². The van der Waals surface area contributed by atoms with Crippen molar-refractivity contribution in [1.29, 1.82) is 0 Å². The molecule has 7 heteroatoms. The van der Waals surface area contributed by atoms with Crippen LogP contribution in [0.5, 0.6) is 0 Å². The minimum atomic E-state index is -3.48. The van der Waals surface area contributed by atoms with Crippen LogP contribution < -0.4 is 4.72 Å². The van der Waals surface area contributed by atoms with Gasteiger partial charge in [-0.1, -0.05) is 22.0 Å². The van der Waals surface area contributed by atoms with Crippen LogP contribution >= 0.6 is 15.9 Å². The number of imidazole rings is 1. The standard InChI is InChI=1S/C12H14BrN3O2S/c1-10-2-3-11(13)8-12(10)19(17,18)15-5-7-16-6-4-14-9-16/h2-4,6,8-9,15H,5,7H2,1H3. The molecule has 1 aromatic carbocycles. The Morgan fingerprint density at radius 1 is 1.42 bits per heavy atom. The highest BCUT2D eigenvalue weighted by Gasteiger charge is 2.16. The molecule has 0 saturated carbocycles. The van der Waals surface area contributed by atoms with E-state index in [1.54, 1.807) is 37.8 Å². The van der Waals surface area contributed by atoms with Crippen LogP contribution in [0.4, 0.5) is 0 Å². The van der Waals surface area contributed by atoms with Gasteiger partial charge in [0.25, 0.3) is 0 Å². The maximum absolute atomic E-state index is 12.2. The van der Waals surface area contributed by atoms with E-state index in [9.17, 15) is 8.42 Å². The van der Waals surface area contributed by atoms with Crippen molar-refractivity contribution in [2.75, 3.05) is 6.54 Å². The molecule has 0 saturated heterocycles. The predicted octanol–water partition coefficient (Wildman–Crippen LogP) is 1.93. The van der Waals surface area contributed by atoms with Gasteiger partial charge in [0.1, 0.15) is 0 Å². The number of nitrogens with one attached hydrogen (secondary N) is 1. The number of hydrogen-bond donors (Lipinski definition) is 1. The van der Waals surface area contributed by atoms with Crippen LogP contribution in [0.2, 0.25) is 0 Å². The topological polar surface area (TPSA) is 64.0 Å². The quantitative estimate of drug-likeness (QED) is 0.902. The summed E-state index contributed by atoms with van der Waals surface area (Å²) in [4.78, 5) is 4.20. The zero-order valence-corrected chi connectivity index (χ0v) is 12.8. The summed E-state index contributed by atoms with van der Waals surface area (Å²) in [6.45, 7) is 2.65. The molecule has 0 aliphatic carbocycles. The molecule has 2 rings (SSSR count). The third-order valence-corrected chi connectivity index (χ3v) is 4.76.